The molecular formula is C16H17N3O2. The summed E-state index contributed by atoms with van der Waals surface area (Å²) in [7, 11) is 0. The monoisotopic (exact) mass is 283 g/mol. The highest BCUT2D eigenvalue weighted by molar-refractivity contribution is 5.88. The van der Waals surface area contributed by atoms with Gasteiger partial charge in [-0.05, 0) is 50.1 Å². The molecule has 1 saturated carbocycles. The summed E-state index contributed by atoms with van der Waals surface area (Å²) in [6.07, 6.45) is 7.73. The van der Waals surface area contributed by atoms with E-state index in [0.29, 0.717) is 11.6 Å². The molecule has 1 aliphatic rings. The van der Waals surface area contributed by atoms with Crippen molar-refractivity contribution in [2.24, 2.45) is 0 Å². The van der Waals surface area contributed by atoms with Gasteiger partial charge in [-0.1, -0.05) is 0 Å². The molecule has 21 heavy (non-hydrogen) atoms. The first-order valence-electron chi connectivity index (χ1n) is 7.12. The Morgan fingerprint density at radius 1 is 1.43 bits per heavy atom. The Morgan fingerprint density at radius 2 is 2.24 bits per heavy atom. The predicted octanol–water partition coefficient (Wildman–Crippen LogP) is 3.04. The van der Waals surface area contributed by atoms with Gasteiger partial charge >= 0.3 is 5.97 Å². The van der Waals surface area contributed by atoms with Crippen LogP contribution in [-0.4, -0.2) is 25.8 Å². The molecule has 0 unspecified atom stereocenters. The zero-order valence-electron chi connectivity index (χ0n) is 11.9. The maximum Gasteiger partial charge on any atom is 0.335 e. The number of aromatic nitrogens is 3. The molecular weight excluding hydrogens is 266 g/mol. The number of hydrogen-bond acceptors (Lipinski definition) is 3. The maximum atomic E-state index is 10.9. The van der Waals surface area contributed by atoms with Gasteiger partial charge in [0.15, 0.2) is 0 Å². The summed E-state index contributed by atoms with van der Waals surface area (Å²) in [5.41, 5.74) is 3.06. The van der Waals surface area contributed by atoms with Crippen LogP contribution in [0.1, 0.15) is 53.1 Å². The van der Waals surface area contributed by atoms with Crippen LogP contribution in [0.3, 0.4) is 0 Å². The molecule has 0 radical (unpaired) electrons. The number of carboxylic acids is 1. The second-order valence-corrected chi connectivity index (χ2v) is 5.19. The van der Waals surface area contributed by atoms with E-state index in [1.54, 1.807) is 6.07 Å². The topological polar surface area (TPSA) is 68.0 Å². The van der Waals surface area contributed by atoms with Crippen LogP contribution in [0.2, 0.25) is 0 Å². The van der Waals surface area contributed by atoms with Crippen molar-refractivity contribution >= 4 is 18.1 Å². The minimum atomic E-state index is -0.943. The van der Waals surface area contributed by atoms with Crippen LogP contribution in [0.25, 0.3) is 12.2 Å². The number of nitrogens with zero attached hydrogens (tertiary/aromatic N) is 3. The highest BCUT2D eigenvalue weighted by Gasteiger charge is 2.26. The summed E-state index contributed by atoms with van der Waals surface area (Å²) in [6, 6.07) is 5.16. The summed E-state index contributed by atoms with van der Waals surface area (Å²) in [6.45, 7) is 2.87. The van der Waals surface area contributed by atoms with Gasteiger partial charge in [-0.25, -0.2) is 4.79 Å². The van der Waals surface area contributed by atoms with Gasteiger partial charge in [0, 0.05) is 18.7 Å². The third kappa shape index (κ3) is 3.02. The highest BCUT2D eigenvalue weighted by atomic mass is 16.4. The lowest BCUT2D eigenvalue weighted by Crippen LogP contribution is -1.99. The average molecular weight is 283 g/mol. The number of aryl methyl sites for hydroxylation is 1. The fourth-order valence-corrected chi connectivity index (χ4v) is 2.26. The number of hydrogen-bond donors (Lipinski definition) is 1. The Bertz CT molecular complexity index is 699. The van der Waals surface area contributed by atoms with Crippen LogP contribution in [0, 0.1) is 0 Å². The van der Waals surface area contributed by atoms with Gasteiger partial charge in [-0.3, -0.25) is 9.67 Å². The summed E-state index contributed by atoms with van der Waals surface area (Å²) in [5.74, 6) is -0.319. The minimum absolute atomic E-state index is 0.243. The predicted molar refractivity (Wildman–Crippen MR) is 80.0 cm³/mol. The zero-order valence-corrected chi connectivity index (χ0v) is 11.9. The molecule has 108 valence electrons. The molecule has 0 aliphatic heterocycles. The first-order chi connectivity index (χ1) is 10.2. The fraction of sp³-hybridized carbons (Fsp3) is 0.312. The van der Waals surface area contributed by atoms with E-state index in [1.807, 2.05) is 16.8 Å². The van der Waals surface area contributed by atoms with Crippen molar-refractivity contribution in [3.05, 3.63) is 47.0 Å². The van der Waals surface area contributed by atoms with Gasteiger partial charge in [0.2, 0.25) is 0 Å². The van der Waals surface area contributed by atoms with Crippen molar-refractivity contribution in [3.8, 4) is 0 Å². The van der Waals surface area contributed by atoms with E-state index in [4.69, 9.17) is 5.11 Å². The van der Waals surface area contributed by atoms with Crippen LogP contribution >= 0.6 is 0 Å². The minimum Gasteiger partial charge on any atom is -0.478 e. The summed E-state index contributed by atoms with van der Waals surface area (Å²) < 4.78 is 1.96. The number of rotatable bonds is 5. The van der Waals surface area contributed by atoms with E-state index in [-0.39, 0.29) is 5.56 Å². The van der Waals surface area contributed by atoms with Crippen molar-refractivity contribution in [2.75, 3.05) is 0 Å². The Kier molecular flexibility index (Phi) is 3.56. The summed E-state index contributed by atoms with van der Waals surface area (Å²) in [4.78, 5) is 15.1. The normalized spacial score (nSPS) is 14.7. The third-order valence-electron chi connectivity index (χ3n) is 3.58. The smallest absolute Gasteiger partial charge is 0.335 e. The summed E-state index contributed by atoms with van der Waals surface area (Å²) >= 11 is 0. The molecule has 0 aromatic carbocycles. The number of carbonyl (C=O) groups is 1. The first-order valence-corrected chi connectivity index (χ1v) is 7.12. The molecule has 3 rings (SSSR count). The van der Waals surface area contributed by atoms with Crippen molar-refractivity contribution in [3.63, 3.8) is 0 Å². The Balaban J connectivity index is 1.85. The molecule has 5 nitrogen and oxygen atoms in total. The molecule has 0 saturated heterocycles. The largest absolute Gasteiger partial charge is 0.478 e. The standard InChI is InChI=1S/C16H17N3O2/c1-2-19-14(10-15(18-19)11-3-4-11)6-5-13-9-12(16(20)21)7-8-17-13/h5-11H,2-4H2,1H3,(H,20,21)/b6-5+. The lowest BCUT2D eigenvalue weighted by Gasteiger charge is -1.99. The van der Waals surface area contributed by atoms with Crippen LogP contribution in [-0.2, 0) is 6.54 Å². The maximum absolute atomic E-state index is 10.9. The van der Waals surface area contributed by atoms with E-state index in [1.165, 1.54) is 25.1 Å². The van der Waals surface area contributed by atoms with E-state index in [2.05, 4.69) is 23.1 Å². The Labute approximate surface area is 122 Å². The van der Waals surface area contributed by atoms with Crippen molar-refractivity contribution < 1.29 is 9.90 Å². The van der Waals surface area contributed by atoms with Crippen LogP contribution in [0.4, 0.5) is 0 Å². The van der Waals surface area contributed by atoms with Crippen LogP contribution < -0.4 is 0 Å². The molecule has 0 bridgehead atoms. The van der Waals surface area contributed by atoms with Gasteiger partial charge in [-0.15, -0.1) is 0 Å². The number of aromatic carboxylic acids is 1. The first kappa shape index (κ1) is 13.5. The van der Waals surface area contributed by atoms with Crippen molar-refractivity contribution in [1.29, 1.82) is 0 Å². The number of carboxylic acid groups (broad SMARTS) is 1. The Morgan fingerprint density at radius 3 is 2.90 bits per heavy atom. The van der Waals surface area contributed by atoms with Gasteiger partial charge in [0.1, 0.15) is 0 Å². The molecule has 1 N–H and O–H groups in total. The Hall–Kier alpha value is -2.43. The molecule has 2 aromatic rings. The average Bonchev–Trinajstić information content (AvgIpc) is 3.26. The van der Waals surface area contributed by atoms with E-state index >= 15 is 0 Å². The van der Waals surface area contributed by atoms with Gasteiger partial charge in [-0.2, -0.15) is 5.10 Å². The van der Waals surface area contributed by atoms with Crippen molar-refractivity contribution in [2.45, 2.75) is 32.2 Å². The van der Waals surface area contributed by atoms with Gasteiger partial charge < -0.3 is 5.11 Å². The number of pyridine rings is 1. The van der Waals surface area contributed by atoms with E-state index in [9.17, 15) is 4.79 Å². The zero-order chi connectivity index (χ0) is 14.8. The molecule has 1 aliphatic carbocycles. The third-order valence-corrected chi connectivity index (χ3v) is 3.58. The second-order valence-electron chi connectivity index (χ2n) is 5.19. The molecule has 2 heterocycles. The molecule has 5 heteroatoms. The lowest BCUT2D eigenvalue weighted by atomic mass is 10.2. The molecule has 1 fully saturated rings. The molecule has 2 aromatic heterocycles. The van der Waals surface area contributed by atoms with Crippen LogP contribution in [0.5, 0.6) is 0 Å². The van der Waals surface area contributed by atoms with Crippen molar-refractivity contribution in [1.82, 2.24) is 14.8 Å². The van der Waals surface area contributed by atoms with Crippen LogP contribution in [0.15, 0.2) is 24.4 Å². The highest BCUT2D eigenvalue weighted by Crippen LogP contribution is 2.39. The second kappa shape index (κ2) is 5.52. The quantitative estimate of drug-likeness (QED) is 0.915. The van der Waals surface area contributed by atoms with Gasteiger partial charge in [0.05, 0.1) is 22.6 Å². The molecule has 0 spiro atoms. The molecule has 0 amide bonds. The van der Waals surface area contributed by atoms with Gasteiger partial charge in [0.25, 0.3) is 0 Å². The molecule has 0 atom stereocenters. The fourth-order valence-electron chi connectivity index (χ4n) is 2.26. The lowest BCUT2D eigenvalue weighted by molar-refractivity contribution is 0.0696. The summed E-state index contributed by atoms with van der Waals surface area (Å²) in [5, 5.41) is 13.6. The van der Waals surface area contributed by atoms with E-state index < -0.39 is 5.97 Å². The SMILES string of the molecule is CCn1nc(C2CC2)cc1/C=C/c1cc(C(=O)O)ccn1. The van der Waals surface area contributed by atoms with E-state index in [0.717, 1.165) is 17.9 Å².